The molecule has 0 unspecified atom stereocenters. The molecule has 1 rings (SSSR count). The summed E-state index contributed by atoms with van der Waals surface area (Å²) < 4.78 is 26.5. The first kappa shape index (κ1) is 16.6. The van der Waals surface area contributed by atoms with Gasteiger partial charge in [0.25, 0.3) is 10.0 Å². The molecule has 0 radical (unpaired) electrons. The second kappa shape index (κ2) is 6.80. The fourth-order valence-corrected chi connectivity index (χ4v) is 4.86. The van der Waals surface area contributed by atoms with Crippen LogP contribution in [0.3, 0.4) is 0 Å². The lowest BCUT2D eigenvalue weighted by Gasteiger charge is -2.21. The smallest absolute Gasteiger partial charge is 0.318 e. The van der Waals surface area contributed by atoms with Crippen LogP contribution in [0.15, 0.2) is 20.1 Å². The van der Waals surface area contributed by atoms with Crippen LogP contribution in [0.5, 0.6) is 0 Å². The Hall–Kier alpha value is -0.480. The number of carboxylic acid groups (broad SMARTS) is 1. The lowest BCUT2D eigenvalue weighted by atomic mass is 10.5. The molecule has 0 aliphatic carbocycles. The van der Waals surface area contributed by atoms with E-state index >= 15 is 0 Å². The zero-order valence-electron chi connectivity index (χ0n) is 10.5. The number of carboxylic acids is 1. The maximum atomic E-state index is 12.3. The monoisotopic (exact) mass is 370 g/mol. The molecule has 0 bridgehead atoms. The van der Waals surface area contributed by atoms with Crippen molar-refractivity contribution >= 4 is 43.3 Å². The maximum absolute atomic E-state index is 12.3. The minimum Gasteiger partial charge on any atom is -0.480 e. The van der Waals surface area contributed by atoms with Gasteiger partial charge in [-0.25, -0.2) is 8.42 Å². The van der Waals surface area contributed by atoms with E-state index in [2.05, 4.69) is 15.9 Å². The van der Waals surface area contributed by atoms with E-state index < -0.39 is 22.5 Å². The van der Waals surface area contributed by atoms with Crippen molar-refractivity contribution in [2.45, 2.75) is 4.21 Å². The van der Waals surface area contributed by atoms with E-state index in [1.165, 1.54) is 6.07 Å². The fraction of sp³-hybridized carbons (Fsp3) is 0.500. The van der Waals surface area contributed by atoms with E-state index in [4.69, 9.17) is 5.11 Å². The number of aliphatic carboxylic acids is 1. The molecule has 108 valence electrons. The number of rotatable bonds is 7. The largest absolute Gasteiger partial charge is 0.480 e. The predicted octanol–water partition coefficient (Wildman–Crippen LogP) is 1.15. The van der Waals surface area contributed by atoms with Gasteiger partial charge in [-0.15, -0.1) is 11.3 Å². The Kier molecular flexibility index (Phi) is 5.93. The van der Waals surface area contributed by atoms with Gasteiger partial charge in [0, 0.05) is 13.1 Å². The highest BCUT2D eigenvalue weighted by atomic mass is 79.9. The summed E-state index contributed by atoms with van der Waals surface area (Å²) in [7, 11) is -0.159. The van der Waals surface area contributed by atoms with E-state index in [0.29, 0.717) is 10.3 Å². The summed E-state index contributed by atoms with van der Waals surface area (Å²) in [6.07, 6.45) is 0. The minimum absolute atomic E-state index is 0.136. The average Bonchev–Trinajstić information content (AvgIpc) is 2.70. The molecular weight excluding hydrogens is 356 g/mol. The fourth-order valence-electron chi connectivity index (χ4n) is 1.31. The molecule has 0 aliphatic heterocycles. The quantitative estimate of drug-likeness (QED) is 0.778. The van der Waals surface area contributed by atoms with E-state index in [0.717, 1.165) is 15.6 Å². The second-order valence-electron chi connectivity index (χ2n) is 4.09. The molecule has 0 aromatic carbocycles. The summed E-state index contributed by atoms with van der Waals surface area (Å²) in [6, 6.07) is 3.09. The molecular formula is C10H15BrN2O4S2. The number of likely N-dealkylation sites (N-methyl/N-ethyl adjacent to an activating group) is 1. The van der Waals surface area contributed by atoms with Crippen LogP contribution >= 0.6 is 27.3 Å². The highest BCUT2D eigenvalue weighted by molar-refractivity contribution is 9.11. The molecule has 9 heteroatoms. The number of carbonyl (C=O) groups is 1. The Morgan fingerprint density at radius 3 is 2.42 bits per heavy atom. The van der Waals surface area contributed by atoms with Crippen LogP contribution in [0.2, 0.25) is 0 Å². The number of sulfonamides is 1. The van der Waals surface area contributed by atoms with Gasteiger partial charge in [0.05, 0.1) is 3.79 Å². The van der Waals surface area contributed by atoms with Crippen molar-refractivity contribution < 1.29 is 18.3 Å². The van der Waals surface area contributed by atoms with Crippen molar-refractivity contribution in [3.05, 3.63) is 15.9 Å². The third-order valence-corrected chi connectivity index (χ3v) is 6.19. The zero-order valence-corrected chi connectivity index (χ0v) is 13.8. The van der Waals surface area contributed by atoms with Crippen molar-refractivity contribution in [3.63, 3.8) is 0 Å². The van der Waals surface area contributed by atoms with Gasteiger partial charge in [0.1, 0.15) is 10.8 Å². The Morgan fingerprint density at radius 1 is 1.37 bits per heavy atom. The number of nitrogens with zero attached hydrogens (tertiary/aromatic N) is 2. The first-order valence-corrected chi connectivity index (χ1v) is 8.40. The Morgan fingerprint density at radius 2 is 2.00 bits per heavy atom. The molecule has 0 atom stereocenters. The van der Waals surface area contributed by atoms with Crippen molar-refractivity contribution in [1.29, 1.82) is 0 Å². The average molecular weight is 371 g/mol. The zero-order chi connectivity index (χ0) is 14.6. The lowest BCUT2D eigenvalue weighted by molar-refractivity contribution is -0.137. The van der Waals surface area contributed by atoms with Crippen LogP contribution in [0.25, 0.3) is 0 Å². The van der Waals surface area contributed by atoms with Crippen molar-refractivity contribution in [2.75, 3.05) is 33.7 Å². The maximum Gasteiger partial charge on any atom is 0.318 e. The Balaban J connectivity index is 2.98. The van der Waals surface area contributed by atoms with Crippen LogP contribution in [-0.4, -0.2) is 62.4 Å². The van der Waals surface area contributed by atoms with Crippen LogP contribution in [0, 0.1) is 0 Å². The van der Waals surface area contributed by atoms with Crippen LogP contribution in [-0.2, 0) is 14.8 Å². The van der Waals surface area contributed by atoms with Gasteiger partial charge in [0.15, 0.2) is 0 Å². The Bertz CT molecular complexity index is 541. The van der Waals surface area contributed by atoms with Gasteiger partial charge >= 0.3 is 5.97 Å². The molecule has 19 heavy (non-hydrogen) atoms. The molecule has 0 amide bonds. The van der Waals surface area contributed by atoms with Gasteiger partial charge < -0.3 is 10.0 Å². The third-order valence-electron chi connectivity index (χ3n) is 2.25. The molecule has 0 saturated carbocycles. The predicted molar refractivity (Wildman–Crippen MR) is 77.0 cm³/mol. The molecule has 0 aliphatic rings. The van der Waals surface area contributed by atoms with Crippen molar-refractivity contribution in [1.82, 2.24) is 9.21 Å². The van der Waals surface area contributed by atoms with E-state index in [1.54, 1.807) is 25.1 Å². The van der Waals surface area contributed by atoms with Gasteiger partial charge in [-0.3, -0.25) is 4.79 Å². The minimum atomic E-state index is -3.76. The molecule has 1 aromatic rings. The molecule has 1 aromatic heterocycles. The molecule has 0 fully saturated rings. The molecule has 0 saturated heterocycles. The topological polar surface area (TPSA) is 77.9 Å². The SMILES string of the molecule is CN(C)CCN(CC(=O)O)S(=O)(=O)c1ccc(Br)s1. The van der Waals surface area contributed by atoms with Crippen LogP contribution < -0.4 is 0 Å². The van der Waals surface area contributed by atoms with Gasteiger partial charge in [0.2, 0.25) is 0 Å². The normalized spacial score (nSPS) is 12.3. The molecule has 1 heterocycles. The number of thiophene rings is 1. The summed E-state index contributed by atoms with van der Waals surface area (Å²) in [4.78, 5) is 12.6. The Labute approximate surface area is 124 Å². The summed E-state index contributed by atoms with van der Waals surface area (Å²) >= 11 is 4.26. The first-order valence-electron chi connectivity index (χ1n) is 5.35. The van der Waals surface area contributed by atoms with E-state index in [-0.39, 0.29) is 10.8 Å². The summed E-state index contributed by atoms with van der Waals surface area (Å²) in [6.45, 7) is 0.0574. The summed E-state index contributed by atoms with van der Waals surface area (Å²) in [5, 5.41) is 8.84. The van der Waals surface area contributed by atoms with Crippen molar-refractivity contribution in [2.24, 2.45) is 0 Å². The van der Waals surface area contributed by atoms with Gasteiger partial charge in [-0.1, -0.05) is 0 Å². The third kappa shape index (κ3) is 4.84. The first-order chi connectivity index (χ1) is 8.73. The van der Waals surface area contributed by atoms with E-state index in [9.17, 15) is 13.2 Å². The number of hydrogen-bond acceptors (Lipinski definition) is 5. The van der Waals surface area contributed by atoms with Crippen LogP contribution in [0.1, 0.15) is 0 Å². The second-order valence-corrected chi connectivity index (χ2v) is 8.72. The summed E-state index contributed by atoms with van der Waals surface area (Å²) in [5.74, 6) is -1.17. The number of hydrogen-bond donors (Lipinski definition) is 1. The van der Waals surface area contributed by atoms with Crippen LogP contribution in [0.4, 0.5) is 0 Å². The molecule has 0 spiro atoms. The van der Waals surface area contributed by atoms with Gasteiger partial charge in [-0.2, -0.15) is 4.31 Å². The van der Waals surface area contributed by atoms with E-state index in [1.807, 2.05) is 0 Å². The lowest BCUT2D eigenvalue weighted by Crippen LogP contribution is -2.39. The highest BCUT2D eigenvalue weighted by Gasteiger charge is 2.27. The molecule has 6 nitrogen and oxygen atoms in total. The highest BCUT2D eigenvalue weighted by Crippen LogP contribution is 2.28. The molecule has 1 N–H and O–H groups in total. The standard InChI is InChI=1S/C10H15BrN2O4S2/c1-12(2)5-6-13(7-9(14)15)19(16,17)10-4-3-8(11)18-10/h3-4H,5-7H2,1-2H3,(H,14,15). The summed E-state index contributed by atoms with van der Waals surface area (Å²) in [5.41, 5.74) is 0. The van der Waals surface area contributed by atoms with Gasteiger partial charge in [-0.05, 0) is 42.2 Å². The van der Waals surface area contributed by atoms with Crippen molar-refractivity contribution in [3.8, 4) is 0 Å². The number of halogens is 1.